The van der Waals surface area contributed by atoms with Crippen LogP contribution >= 0.6 is 0 Å². The smallest absolute Gasteiger partial charge is 0.256 e. The molecule has 6 heteroatoms. The summed E-state index contributed by atoms with van der Waals surface area (Å²) in [5.74, 6) is 0.568. The van der Waals surface area contributed by atoms with Gasteiger partial charge in [-0.1, -0.05) is 18.2 Å². The van der Waals surface area contributed by atoms with E-state index in [0.29, 0.717) is 24.0 Å². The van der Waals surface area contributed by atoms with Crippen LogP contribution in [0.5, 0.6) is 5.75 Å². The molecule has 1 N–H and O–H groups in total. The fourth-order valence-electron chi connectivity index (χ4n) is 4.10. The fraction of sp³-hybridized carbons (Fsp3) is 0.348. The number of nitrogens with one attached hydrogen (secondary N) is 1. The van der Waals surface area contributed by atoms with Crippen LogP contribution in [-0.2, 0) is 6.42 Å². The van der Waals surface area contributed by atoms with E-state index in [1.807, 2.05) is 30.0 Å². The maximum absolute atomic E-state index is 13.7. The molecule has 1 fully saturated rings. The summed E-state index contributed by atoms with van der Waals surface area (Å²) in [6.07, 6.45) is 0.915. The summed E-state index contributed by atoms with van der Waals surface area (Å²) in [7, 11) is 1.70. The second kappa shape index (κ2) is 8.25. The van der Waals surface area contributed by atoms with Crippen LogP contribution in [0.25, 0.3) is 10.9 Å². The van der Waals surface area contributed by atoms with Gasteiger partial charge in [0.2, 0.25) is 0 Å². The standard InChI is InChI=1S/C23H26FN3O2/c1-16-22(19-15-18(24)7-8-20(19)25-16)23(28)27-13-11-26(12-14-27)10-9-17-5-3-4-6-21(17)29-2/h3-8,15,25H,9-14H2,1-2H3. The number of carbonyl (C=O) groups is 1. The summed E-state index contributed by atoms with van der Waals surface area (Å²) in [5.41, 5.74) is 3.36. The van der Waals surface area contributed by atoms with E-state index in [1.54, 1.807) is 13.2 Å². The lowest BCUT2D eigenvalue weighted by atomic mass is 10.1. The number of carbonyl (C=O) groups excluding carboxylic acids is 1. The van der Waals surface area contributed by atoms with Crippen molar-refractivity contribution in [2.75, 3.05) is 39.8 Å². The number of H-pyrrole nitrogens is 1. The SMILES string of the molecule is COc1ccccc1CCN1CCN(C(=O)c2c(C)[nH]c3ccc(F)cc23)CC1. The van der Waals surface area contributed by atoms with E-state index in [9.17, 15) is 9.18 Å². The predicted octanol–water partition coefficient (Wildman–Crippen LogP) is 3.62. The first-order valence-corrected chi connectivity index (χ1v) is 9.98. The molecule has 0 saturated carbocycles. The molecule has 152 valence electrons. The van der Waals surface area contributed by atoms with Gasteiger partial charge >= 0.3 is 0 Å². The summed E-state index contributed by atoms with van der Waals surface area (Å²) >= 11 is 0. The Balaban J connectivity index is 1.39. The van der Waals surface area contributed by atoms with Crippen molar-refractivity contribution in [2.45, 2.75) is 13.3 Å². The van der Waals surface area contributed by atoms with Crippen LogP contribution in [-0.4, -0.2) is 60.5 Å². The van der Waals surface area contributed by atoms with Gasteiger partial charge in [-0.15, -0.1) is 0 Å². The number of nitrogens with zero attached hydrogens (tertiary/aromatic N) is 2. The van der Waals surface area contributed by atoms with Gasteiger partial charge < -0.3 is 14.6 Å². The lowest BCUT2D eigenvalue weighted by molar-refractivity contribution is 0.0639. The first-order chi connectivity index (χ1) is 14.1. The quantitative estimate of drug-likeness (QED) is 0.718. The Morgan fingerprint density at radius 3 is 2.66 bits per heavy atom. The fourth-order valence-corrected chi connectivity index (χ4v) is 4.10. The van der Waals surface area contributed by atoms with Crippen LogP contribution in [0.3, 0.4) is 0 Å². The minimum Gasteiger partial charge on any atom is -0.496 e. The van der Waals surface area contributed by atoms with Crippen LogP contribution in [0.2, 0.25) is 0 Å². The van der Waals surface area contributed by atoms with Crippen molar-refractivity contribution >= 4 is 16.8 Å². The number of amides is 1. The molecule has 0 atom stereocenters. The lowest BCUT2D eigenvalue weighted by Gasteiger charge is -2.35. The zero-order valence-electron chi connectivity index (χ0n) is 16.9. The average molecular weight is 395 g/mol. The van der Waals surface area contributed by atoms with E-state index in [1.165, 1.54) is 17.7 Å². The van der Waals surface area contributed by atoms with E-state index < -0.39 is 0 Å². The molecular weight excluding hydrogens is 369 g/mol. The van der Waals surface area contributed by atoms with Crippen LogP contribution in [0.15, 0.2) is 42.5 Å². The number of methoxy groups -OCH3 is 1. The maximum atomic E-state index is 13.7. The van der Waals surface area contributed by atoms with Gasteiger partial charge in [0, 0.05) is 49.3 Å². The number of rotatable bonds is 5. The largest absolute Gasteiger partial charge is 0.496 e. The molecule has 3 aromatic rings. The highest BCUT2D eigenvalue weighted by Crippen LogP contribution is 2.25. The number of halogens is 1. The minimum absolute atomic E-state index is 0.0243. The average Bonchev–Trinajstić information content (AvgIpc) is 3.07. The van der Waals surface area contributed by atoms with E-state index in [-0.39, 0.29) is 11.7 Å². The summed E-state index contributed by atoms with van der Waals surface area (Å²) in [6, 6.07) is 12.6. The molecule has 1 amide bonds. The van der Waals surface area contributed by atoms with Gasteiger partial charge in [0.25, 0.3) is 5.91 Å². The van der Waals surface area contributed by atoms with E-state index >= 15 is 0 Å². The third-order valence-electron chi connectivity index (χ3n) is 5.71. The van der Waals surface area contributed by atoms with Crippen molar-refractivity contribution in [3.05, 3.63) is 65.1 Å². The number of hydrogen-bond donors (Lipinski definition) is 1. The number of para-hydroxylation sites is 1. The molecule has 0 aliphatic carbocycles. The number of hydrogen-bond acceptors (Lipinski definition) is 3. The second-order valence-corrected chi connectivity index (χ2v) is 7.51. The summed E-state index contributed by atoms with van der Waals surface area (Å²) < 4.78 is 19.1. The van der Waals surface area contributed by atoms with Crippen molar-refractivity contribution in [1.29, 1.82) is 0 Å². The summed E-state index contributed by atoms with van der Waals surface area (Å²) in [5, 5.41) is 0.658. The van der Waals surface area contributed by atoms with Crippen LogP contribution in [0.1, 0.15) is 21.6 Å². The van der Waals surface area contributed by atoms with Crippen molar-refractivity contribution in [1.82, 2.24) is 14.8 Å². The second-order valence-electron chi connectivity index (χ2n) is 7.51. The first kappa shape index (κ1) is 19.5. The molecule has 1 aliphatic rings. The number of piperazine rings is 1. The third-order valence-corrected chi connectivity index (χ3v) is 5.71. The molecule has 0 radical (unpaired) electrons. The minimum atomic E-state index is -0.327. The molecule has 1 saturated heterocycles. The van der Waals surface area contributed by atoms with E-state index in [0.717, 1.165) is 43.0 Å². The Morgan fingerprint density at radius 1 is 1.14 bits per heavy atom. The first-order valence-electron chi connectivity index (χ1n) is 9.98. The molecular formula is C23H26FN3O2. The number of benzene rings is 2. The molecule has 4 rings (SSSR count). The number of aryl methyl sites for hydroxylation is 1. The molecule has 2 aromatic carbocycles. The van der Waals surface area contributed by atoms with Crippen molar-refractivity contribution < 1.29 is 13.9 Å². The summed E-state index contributed by atoms with van der Waals surface area (Å²) in [4.78, 5) is 20.6. The van der Waals surface area contributed by atoms with Gasteiger partial charge in [0.1, 0.15) is 11.6 Å². The molecule has 29 heavy (non-hydrogen) atoms. The monoisotopic (exact) mass is 395 g/mol. The summed E-state index contributed by atoms with van der Waals surface area (Å²) in [6.45, 7) is 5.81. The Kier molecular flexibility index (Phi) is 5.53. The predicted molar refractivity (Wildman–Crippen MR) is 112 cm³/mol. The molecule has 0 bridgehead atoms. The van der Waals surface area contributed by atoms with Crippen LogP contribution in [0.4, 0.5) is 4.39 Å². The van der Waals surface area contributed by atoms with Gasteiger partial charge in [0.05, 0.1) is 12.7 Å². The zero-order valence-corrected chi connectivity index (χ0v) is 16.9. The highest BCUT2D eigenvalue weighted by atomic mass is 19.1. The Labute approximate surface area is 170 Å². The number of ether oxygens (including phenoxy) is 1. The lowest BCUT2D eigenvalue weighted by Crippen LogP contribution is -2.49. The molecule has 0 spiro atoms. The van der Waals surface area contributed by atoms with Crippen LogP contribution in [0, 0.1) is 12.7 Å². The third kappa shape index (κ3) is 3.98. The van der Waals surface area contributed by atoms with Gasteiger partial charge in [0.15, 0.2) is 0 Å². The molecule has 0 unspecified atom stereocenters. The van der Waals surface area contributed by atoms with E-state index in [4.69, 9.17) is 4.74 Å². The van der Waals surface area contributed by atoms with E-state index in [2.05, 4.69) is 16.0 Å². The number of fused-ring (bicyclic) bond motifs is 1. The van der Waals surface area contributed by atoms with Crippen molar-refractivity contribution in [2.24, 2.45) is 0 Å². The molecule has 1 aliphatic heterocycles. The number of aromatic amines is 1. The topological polar surface area (TPSA) is 48.6 Å². The Morgan fingerprint density at radius 2 is 1.90 bits per heavy atom. The van der Waals surface area contributed by atoms with Crippen molar-refractivity contribution in [3.8, 4) is 5.75 Å². The van der Waals surface area contributed by atoms with Gasteiger partial charge in [-0.25, -0.2) is 4.39 Å². The highest BCUT2D eigenvalue weighted by molar-refractivity contribution is 6.08. The highest BCUT2D eigenvalue weighted by Gasteiger charge is 2.25. The molecule has 2 heterocycles. The molecule has 5 nitrogen and oxygen atoms in total. The normalized spacial score (nSPS) is 15.1. The Bertz CT molecular complexity index is 1020. The van der Waals surface area contributed by atoms with Crippen LogP contribution < -0.4 is 4.74 Å². The van der Waals surface area contributed by atoms with Gasteiger partial charge in [-0.05, 0) is 43.2 Å². The molecule has 1 aromatic heterocycles. The van der Waals surface area contributed by atoms with Crippen molar-refractivity contribution in [3.63, 3.8) is 0 Å². The number of aromatic nitrogens is 1. The van der Waals surface area contributed by atoms with Gasteiger partial charge in [-0.2, -0.15) is 0 Å². The zero-order chi connectivity index (χ0) is 20.4. The maximum Gasteiger partial charge on any atom is 0.256 e. The van der Waals surface area contributed by atoms with Gasteiger partial charge in [-0.3, -0.25) is 9.69 Å². The Hall–Kier alpha value is -2.86.